The van der Waals surface area contributed by atoms with Gasteiger partial charge in [-0.3, -0.25) is 4.79 Å². The van der Waals surface area contributed by atoms with Gasteiger partial charge in [-0.1, -0.05) is 48.5 Å². The Kier molecular flexibility index (Phi) is 7.84. The zero-order valence-corrected chi connectivity index (χ0v) is 17.3. The number of carbonyl (C=O) groups excluding carboxylic acids is 1. The first kappa shape index (κ1) is 21.4. The van der Waals surface area contributed by atoms with Gasteiger partial charge in [0, 0.05) is 12.1 Å². The molecule has 0 fully saturated rings. The number of nitrogen functional groups attached to an aromatic ring is 1. The zero-order valence-electron chi connectivity index (χ0n) is 17.3. The lowest BCUT2D eigenvalue weighted by Gasteiger charge is -2.18. The molecule has 5 nitrogen and oxygen atoms in total. The molecule has 0 saturated carbocycles. The highest BCUT2D eigenvalue weighted by molar-refractivity contribution is 5.71. The number of nitrogens with zero attached hydrogens (tertiary/aromatic N) is 1. The lowest BCUT2D eigenvalue weighted by molar-refractivity contribution is -0.143. The SMILES string of the molecule is CCOC(=O)CC(CCOc1ccc(Cc2ccccc2)cc1)c1cccnc1N. The number of anilines is 1. The molecule has 0 amide bonds. The summed E-state index contributed by atoms with van der Waals surface area (Å²) < 4.78 is 11.1. The third-order valence-corrected chi connectivity index (χ3v) is 4.94. The fraction of sp³-hybridized carbons (Fsp3) is 0.280. The average Bonchev–Trinajstić information content (AvgIpc) is 2.76. The van der Waals surface area contributed by atoms with Crippen molar-refractivity contribution in [2.45, 2.75) is 32.1 Å². The fourth-order valence-corrected chi connectivity index (χ4v) is 3.42. The molecule has 1 unspecified atom stereocenters. The molecule has 0 bridgehead atoms. The Morgan fingerprint density at radius 3 is 2.43 bits per heavy atom. The molecule has 156 valence electrons. The first-order valence-corrected chi connectivity index (χ1v) is 10.3. The van der Waals surface area contributed by atoms with E-state index in [4.69, 9.17) is 15.2 Å². The van der Waals surface area contributed by atoms with Crippen molar-refractivity contribution >= 4 is 11.8 Å². The van der Waals surface area contributed by atoms with E-state index in [1.165, 1.54) is 11.1 Å². The van der Waals surface area contributed by atoms with E-state index in [1.54, 1.807) is 13.1 Å². The molecule has 5 heteroatoms. The first-order valence-electron chi connectivity index (χ1n) is 10.3. The van der Waals surface area contributed by atoms with Crippen molar-refractivity contribution in [3.63, 3.8) is 0 Å². The molecule has 1 aromatic heterocycles. The summed E-state index contributed by atoms with van der Waals surface area (Å²) in [7, 11) is 0. The van der Waals surface area contributed by atoms with Crippen LogP contribution >= 0.6 is 0 Å². The second-order valence-corrected chi connectivity index (χ2v) is 7.13. The number of pyridine rings is 1. The minimum absolute atomic E-state index is 0.102. The maximum atomic E-state index is 12.0. The molecule has 3 rings (SSSR count). The van der Waals surface area contributed by atoms with Crippen LogP contribution in [0.25, 0.3) is 0 Å². The Morgan fingerprint density at radius 1 is 1.00 bits per heavy atom. The molecular weight excluding hydrogens is 376 g/mol. The van der Waals surface area contributed by atoms with Gasteiger partial charge >= 0.3 is 5.97 Å². The monoisotopic (exact) mass is 404 g/mol. The van der Waals surface area contributed by atoms with E-state index < -0.39 is 0 Å². The van der Waals surface area contributed by atoms with Crippen molar-refractivity contribution in [2.75, 3.05) is 18.9 Å². The van der Waals surface area contributed by atoms with E-state index in [9.17, 15) is 4.79 Å². The maximum absolute atomic E-state index is 12.0. The summed E-state index contributed by atoms with van der Waals surface area (Å²) in [5.74, 6) is 0.907. The summed E-state index contributed by atoms with van der Waals surface area (Å²) >= 11 is 0. The Balaban J connectivity index is 1.57. The second-order valence-electron chi connectivity index (χ2n) is 7.13. The van der Waals surface area contributed by atoms with Crippen molar-refractivity contribution in [3.8, 4) is 5.75 Å². The van der Waals surface area contributed by atoms with Crippen molar-refractivity contribution in [1.29, 1.82) is 0 Å². The van der Waals surface area contributed by atoms with E-state index >= 15 is 0 Å². The number of benzene rings is 2. The molecule has 1 heterocycles. The summed E-state index contributed by atoms with van der Waals surface area (Å²) in [5, 5.41) is 0. The topological polar surface area (TPSA) is 74.4 Å². The summed E-state index contributed by atoms with van der Waals surface area (Å²) in [6.07, 6.45) is 3.43. The Morgan fingerprint density at radius 2 is 1.73 bits per heavy atom. The van der Waals surface area contributed by atoms with Gasteiger partial charge in [0.1, 0.15) is 11.6 Å². The largest absolute Gasteiger partial charge is 0.494 e. The van der Waals surface area contributed by atoms with Crippen LogP contribution in [-0.4, -0.2) is 24.2 Å². The van der Waals surface area contributed by atoms with Gasteiger partial charge < -0.3 is 15.2 Å². The van der Waals surface area contributed by atoms with Crippen molar-refractivity contribution < 1.29 is 14.3 Å². The number of ether oxygens (including phenoxy) is 2. The first-order chi connectivity index (χ1) is 14.7. The number of aromatic nitrogens is 1. The molecule has 2 N–H and O–H groups in total. The number of nitrogens with two attached hydrogens (primary N) is 1. The molecule has 0 radical (unpaired) electrons. The number of esters is 1. The van der Waals surface area contributed by atoms with Crippen molar-refractivity contribution in [1.82, 2.24) is 4.98 Å². The third kappa shape index (κ3) is 6.34. The highest BCUT2D eigenvalue weighted by Crippen LogP contribution is 2.28. The van der Waals surface area contributed by atoms with Crippen LogP contribution in [0.1, 0.15) is 42.4 Å². The maximum Gasteiger partial charge on any atom is 0.306 e. The van der Waals surface area contributed by atoms with E-state index in [2.05, 4.69) is 41.4 Å². The van der Waals surface area contributed by atoms with Gasteiger partial charge in [0.05, 0.1) is 19.6 Å². The van der Waals surface area contributed by atoms with Crippen molar-refractivity contribution in [2.24, 2.45) is 0 Å². The van der Waals surface area contributed by atoms with Crippen LogP contribution in [0.4, 0.5) is 5.82 Å². The predicted octanol–water partition coefficient (Wildman–Crippen LogP) is 4.76. The third-order valence-electron chi connectivity index (χ3n) is 4.94. The lowest BCUT2D eigenvalue weighted by atomic mass is 9.93. The molecular formula is C25H28N2O3. The van der Waals surface area contributed by atoms with Gasteiger partial charge in [-0.25, -0.2) is 4.98 Å². The minimum Gasteiger partial charge on any atom is -0.494 e. The van der Waals surface area contributed by atoms with Gasteiger partial charge in [-0.15, -0.1) is 0 Å². The summed E-state index contributed by atoms with van der Waals surface area (Å²) in [5.41, 5.74) is 9.40. The van der Waals surface area contributed by atoms with Gasteiger partial charge in [0.25, 0.3) is 0 Å². The van der Waals surface area contributed by atoms with Crippen LogP contribution in [0, 0.1) is 0 Å². The second kappa shape index (κ2) is 11.0. The Bertz CT molecular complexity index is 927. The summed E-state index contributed by atoms with van der Waals surface area (Å²) in [4.78, 5) is 16.2. The number of rotatable bonds is 10. The molecule has 0 aliphatic carbocycles. The fourth-order valence-electron chi connectivity index (χ4n) is 3.42. The van der Waals surface area contributed by atoms with Crippen LogP contribution in [-0.2, 0) is 16.0 Å². The summed E-state index contributed by atoms with van der Waals surface area (Å²) in [6, 6.07) is 22.2. The number of hydrogen-bond acceptors (Lipinski definition) is 5. The molecule has 0 spiro atoms. The van der Waals surface area contributed by atoms with Gasteiger partial charge in [-0.05, 0) is 54.7 Å². The van der Waals surface area contributed by atoms with E-state index in [0.29, 0.717) is 25.5 Å². The molecule has 3 aromatic rings. The minimum atomic E-state index is -0.240. The standard InChI is InChI=1S/C25H28N2O3/c1-2-29-24(28)18-21(23-9-6-15-27-25(23)26)14-16-30-22-12-10-20(11-13-22)17-19-7-4-3-5-8-19/h3-13,15,21H,2,14,16-18H2,1H3,(H2,26,27). The zero-order chi connectivity index (χ0) is 21.2. The predicted molar refractivity (Wildman–Crippen MR) is 118 cm³/mol. The molecule has 30 heavy (non-hydrogen) atoms. The highest BCUT2D eigenvalue weighted by Gasteiger charge is 2.20. The van der Waals surface area contributed by atoms with Crippen LogP contribution in [0.2, 0.25) is 0 Å². The van der Waals surface area contributed by atoms with Crippen LogP contribution in [0.5, 0.6) is 5.75 Å². The van der Waals surface area contributed by atoms with E-state index in [0.717, 1.165) is 17.7 Å². The smallest absolute Gasteiger partial charge is 0.306 e. The van der Waals surface area contributed by atoms with Crippen LogP contribution < -0.4 is 10.5 Å². The van der Waals surface area contributed by atoms with Gasteiger partial charge in [-0.2, -0.15) is 0 Å². The molecule has 0 aliphatic rings. The van der Waals surface area contributed by atoms with Gasteiger partial charge in [0.2, 0.25) is 0 Å². The number of hydrogen-bond donors (Lipinski definition) is 1. The van der Waals surface area contributed by atoms with Crippen molar-refractivity contribution in [3.05, 3.63) is 89.6 Å². The summed E-state index contributed by atoms with van der Waals surface area (Å²) in [6.45, 7) is 2.63. The van der Waals surface area contributed by atoms with E-state index in [-0.39, 0.29) is 18.3 Å². The molecule has 1 atom stereocenters. The lowest BCUT2D eigenvalue weighted by Crippen LogP contribution is -2.15. The van der Waals surface area contributed by atoms with E-state index in [1.807, 2.05) is 30.3 Å². The molecule has 0 aliphatic heterocycles. The van der Waals surface area contributed by atoms with Crippen LogP contribution in [0.3, 0.4) is 0 Å². The normalized spacial score (nSPS) is 11.6. The number of carbonyl (C=O) groups is 1. The molecule has 0 saturated heterocycles. The Labute approximate surface area is 177 Å². The quantitative estimate of drug-likeness (QED) is 0.493. The highest BCUT2D eigenvalue weighted by atomic mass is 16.5. The molecule has 2 aromatic carbocycles. The average molecular weight is 405 g/mol. The van der Waals surface area contributed by atoms with Crippen LogP contribution in [0.15, 0.2) is 72.9 Å². The Hall–Kier alpha value is -3.34. The van der Waals surface area contributed by atoms with Gasteiger partial charge in [0.15, 0.2) is 0 Å².